The molecule has 15 nitrogen and oxygen atoms in total. The van der Waals surface area contributed by atoms with E-state index in [4.69, 9.17) is 33.2 Å². The van der Waals surface area contributed by atoms with Gasteiger partial charge in [-0.25, -0.2) is 23.2 Å². The highest BCUT2D eigenvalue weighted by Crippen LogP contribution is 2.65. The van der Waals surface area contributed by atoms with Crippen molar-refractivity contribution in [2.75, 3.05) is 19.8 Å². The molecule has 0 spiro atoms. The molecule has 2 aromatic rings. The van der Waals surface area contributed by atoms with Crippen LogP contribution in [0.5, 0.6) is 0 Å². The molecule has 1 amide bonds. The Morgan fingerprint density at radius 3 is 2.03 bits per heavy atom. The first-order chi connectivity index (χ1) is 31.4. The monoisotopic (exact) mass is 967 g/mol. The number of esters is 3. The Kier molecular flexibility index (Phi) is 14.4. The number of amides is 1. The van der Waals surface area contributed by atoms with E-state index in [2.05, 4.69) is 5.32 Å². The summed E-state index contributed by atoms with van der Waals surface area (Å²) in [6.45, 7) is 7.62. The fourth-order valence-corrected chi connectivity index (χ4v) is 10.3. The summed E-state index contributed by atoms with van der Waals surface area (Å²) in [5, 5.41) is 28.0. The normalized spacial score (nSPS) is 31.0. The number of ether oxygens (including phenoxy) is 7. The average molecular weight is 968 g/mol. The molecule has 0 radical (unpaired) electrons. The lowest BCUT2D eigenvalue weighted by Crippen LogP contribution is -2.82. The molecule has 3 aliphatic carbocycles. The summed E-state index contributed by atoms with van der Waals surface area (Å²) in [7, 11) is 0. The number of aliphatic hydroxyl groups excluding tert-OH is 1. The number of halogens is 5. The maximum absolute atomic E-state index is 15.8. The van der Waals surface area contributed by atoms with Crippen molar-refractivity contribution in [1.29, 1.82) is 0 Å². The van der Waals surface area contributed by atoms with Gasteiger partial charge in [-0.3, -0.25) is 9.59 Å². The third kappa shape index (κ3) is 10.2. The summed E-state index contributed by atoms with van der Waals surface area (Å²) in [6, 6.07) is 13.6. The number of carbonyl (C=O) groups is 5. The first-order valence-corrected chi connectivity index (χ1v) is 22.0. The van der Waals surface area contributed by atoms with E-state index in [0.717, 1.165) is 6.92 Å². The van der Waals surface area contributed by atoms with Gasteiger partial charge in [0, 0.05) is 32.1 Å². The van der Waals surface area contributed by atoms with Gasteiger partial charge in [0.2, 0.25) is 0 Å². The number of hydrogen-bond donors (Lipinski definition) is 3. The van der Waals surface area contributed by atoms with Gasteiger partial charge < -0.3 is 48.7 Å². The quantitative estimate of drug-likeness (QED) is 0.0847. The minimum atomic E-state index is -5.08. The van der Waals surface area contributed by atoms with Crippen molar-refractivity contribution in [3.63, 3.8) is 0 Å². The Labute approximate surface area is 389 Å². The zero-order valence-corrected chi connectivity index (χ0v) is 39.1. The van der Waals surface area contributed by atoms with Crippen LogP contribution in [0.3, 0.4) is 0 Å². The first-order valence-electron chi connectivity index (χ1n) is 22.0. The van der Waals surface area contributed by atoms with Crippen LogP contribution in [0.2, 0.25) is 0 Å². The number of alkyl halides is 5. The molecule has 2 aromatic carbocycles. The van der Waals surface area contributed by atoms with Crippen LogP contribution in [-0.2, 0) is 47.5 Å². The molecular weight excluding hydrogens is 910 g/mol. The van der Waals surface area contributed by atoms with Crippen LogP contribution in [-0.4, -0.2) is 125 Å². The number of alkyl carbamates (subject to hydrolysis) is 1. The Morgan fingerprint density at radius 2 is 1.50 bits per heavy atom. The number of benzene rings is 2. The van der Waals surface area contributed by atoms with Gasteiger partial charge in [-0.05, 0) is 63.5 Å². The number of Topliss-reactive ketones (excluding diaryl/α,β-unsaturated/α-hetero) is 1. The van der Waals surface area contributed by atoms with Gasteiger partial charge in [-0.1, -0.05) is 62.4 Å². The van der Waals surface area contributed by atoms with Crippen LogP contribution in [0.1, 0.15) is 97.1 Å². The summed E-state index contributed by atoms with van der Waals surface area (Å²) in [5.41, 5.74) is -10.5. The second kappa shape index (κ2) is 18.7. The lowest BCUT2D eigenvalue weighted by molar-refractivity contribution is -0.350. The molecular formula is C48H58F5NO14. The molecule has 374 valence electrons. The highest BCUT2D eigenvalue weighted by molar-refractivity contribution is 5.94. The van der Waals surface area contributed by atoms with Gasteiger partial charge in [0.1, 0.15) is 48.8 Å². The van der Waals surface area contributed by atoms with Crippen LogP contribution >= 0.6 is 0 Å². The lowest BCUT2D eigenvalue weighted by atomic mass is 9.44. The summed E-state index contributed by atoms with van der Waals surface area (Å²) >= 11 is 0. The average Bonchev–Trinajstić information content (AvgIpc) is 3.22. The van der Waals surface area contributed by atoms with E-state index in [1.54, 1.807) is 45.0 Å². The van der Waals surface area contributed by atoms with Crippen LogP contribution in [0.4, 0.5) is 26.7 Å². The van der Waals surface area contributed by atoms with E-state index in [0.29, 0.717) is 6.92 Å². The van der Waals surface area contributed by atoms with Crippen LogP contribution in [0.15, 0.2) is 71.8 Å². The van der Waals surface area contributed by atoms with E-state index in [-0.39, 0.29) is 22.3 Å². The third-order valence-corrected chi connectivity index (χ3v) is 13.5. The molecule has 0 unspecified atom stereocenters. The molecule has 6 rings (SSSR count). The number of nitrogens with one attached hydrogen (secondary N) is 1. The fraction of sp³-hybridized carbons (Fsp3) is 0.604. The lowest BCUT2D eigenvalue weighted by Gasteiger charge is -2.68. The van der Waals surface area contributed by atoms with Gasteiger partial charge in [-0.2, -0.15) is 13.2 Å². The van der Waals surface area contributed by atoms with Crippen molar-refractivity contribution in [3.8, 4) is 0 Å². The van der Waals surface area contributed by atoms with Crippen molar-refractivity contribution in [2.45, 2.75) is 147 Å². The van der Waals surface area contributed by atoms with Gasteiger partial charge in [-0.15, -0.1) is 0 Å². The second-order valence-corrected chi connectivity index (χ2v) is 19.8. The summed E-state index contributed by atoms with van der Waals surface area (Å²) in [5.74, 6) is -10.1. The maximum atomic E-state index is 15.8. The highest BCUT2D eigenvalue weighted by Gasteiger charge is 2.78. The standard InChI is InChI=1S/C48H58F5NO14/c1-25-29(65-40(59)34(56)33(27-16-12-10-13-17-27)54-41(60)68-42(3,4)5)21-47(61)38(66-39(58)28-18-14-11-15-19-28)36-45(9,37(57)35(32(25)43(47,6)7)64-24-48(51,52)53)30(62-22-44(8,49)50)20-31-46(36,23-63-31)67-26(2)55/h10-19,29-31,33-36,38,56,61H,20-24H2,1-9H3,(H,54,60)/t29-,30-,31+,33-,34+,35+,36-,38-,45+,46-,47+/m0/s1. The first kappa shape index (κ1) is 52.4. The number of hydrogen-bond acceptors (Lipinski definition) is 14. The number of rotatable bonds is 13. The molecule has 1 heterocycles. The van der Waals surface area contributed by atoms with E-state index in [1.807, 2.05) is 0 Å². The molecule has 2 saturated carbocycles. The zero-order chi connectivity index (χ0) is 50.6. The topological polar surface area (TPSA) is 202 Å². The molecule has 3 N–H and O–H groups in total. The Bertz CT molecular complexity index is 2260. The van der Waals surface area contributed by atoms with Crippen molar-refractivity contribution >= 4 is 29.8 Å². The van der Waals surface area contributed by atoms with Crippen molar-refractivity contribution in [2.24, 2.45) is 16.7 Å². The summed E-state index contributed by atoms with van der Waals surface area (Å²) in [6.07, 6.45) is -18.7. The van der Waals surface area contributed by atoms with E-state index < -0.39 is 151 Å². The minimum absolute atomic E-state index is 0.0779. The van der Waals surface area contributed by atoms with Crippen LogP contribution in [0.25, 0.3) is 0 Å². The highest BCUT2D eigenvalue weighted by atomic mass is 19.4. The van der Waals surface area contributed by atoms with E-state index >= 15 is 4.79 Å². The van der Waals surface area contributed by atoms with Crippen LogP contribution in [0, 0.1) is 16.7 Å². The molecule has 1 saturated heterocycles. The number of ketones is 1. The van der Waals surface area contributed by atoms with Crippen molar-refractivity contribution in [1.82, 2.24) is 5.32 Å². The predicted molar refractivity (Wildman–Crippen MR) is 228 cm³/mol. The van der Waals surface area contributed by atoms with Gasteiger partial charge in [0.05, 0.1) is 35.6 Å². The summed E-state index contributed by atoms with van der Waals surface area (Å²) in [4.78, 5) is 70.8. The second-order valence-electron chi connectivity index (χ2n) is 19.8. The van der Waals surface area contributed by atoms with Gasteiger partial charge in [0.15, 0.2) is 17.5 Å². The number of aliphatic hydroxyl groups is 2. The largest absolute Gasteiger partial charge is 0.456 e. The minimum Gasteiger partial charge on any atom is -0.456 e. The smallest absolute Gasteiger partial charge is 0.411 e. The third-order valence-electron chi connectivity index (χ3n) is 13.5. The Hall–Kier alpha value is -5.02. The molecule has 3 fully saturated rings. The van der Waals surface area contributed by atoms with E-state index in [1.165, 1.54) is 64.1 Å². The molecule has 2 bridgehead atoms. The van der Waals surface area contributed by atoms with Crippen molar-refractivity contribution in [3.05, 3.63) is 82.9 Å². The Balaban J connectivity index is 1.59. The summed E-state index contributed by atoms with van der Waals surface area (Å²) < 4.78 is 113. The van der Waals surface area contributed by atoms with Gasteiger partial charge >= 0.3 is 30.2 Å². The molecule has 11 atom stereocenters. The Morgan fingerprint density at radius 1 is 0.897 bits per heavy atom. The van der Waals surface area contributed by atoms with E-state index in [9.17, 15) is 51.3 Å². The molecule has 4 aliphatic rings. The fourth-order valence-electron chi connectivity index (χ4n) is 10.3. The molecule has 68 heavy (non-hydrogen) atoms. The zero-order valence-electron chi connectivity index (χ0n) is 39.1. The SMILES string of the molecule is CC(=O)O[C@@]12CO[C@@H]1C[C@H](OCC(C)(F)F)[C@@]1(C)C(=O)[C@H](OCC(F)(F)F)C3=C(C)[C@@H](OC(=O)[C@H](O)[C@@H](NC(=O)OC(C)(C)C)c4ccccc4)C[C@@](O)([C@@H](OC(=O)c4ccccc4)[C@H]21)C3(C)C. The van der Waals surface area contributed by atoms with Crippen LogP contribution < -0.4 is 5.32 Å². The maximum Gasteiger partial charge on any atom is 0.411 e. The predicted octanol–water partition coefficient (Wildman–Crippen LogP) is 6.53. The molecule has 1 aliphatic heterocycles. The molecule has 20 heteroatoms. The van der Waals surface area contributed by atoms with Gasteiger partial charge in [0.25, 0.3) is 5.92 Å². The number of carbonyl (C=O) groups excluding carboxylic acids is 5. The van der Waals surface area contributed by atoms with Crippen molar-refractivity contribution < 1.29 is 89.3 Å². The molecule has 0 aromatic heterocycles. The number of fused-ring (bicyclic) bond motifs is 5.